The van der Waals surface area contributed by atoms with Gasteiger partial charge in [0.05, 0.1) is 5.69 Å². The molecule has 0 aliphatic carbocycles. The van der Waals surface area contributed by atoms with Crippen molar-refractivity contribution in [2.45, 2.75) is 45.6 Å². The Balaban J connectivity index is 2.04. The van der Waals surface area contributed by atoms with Crippen molar-refractivity contribution in [2.75, 3.05) is 13.1 Å². The second kappa shape index (κ2) is 6.19. The molecule has 18 heavy (non-hydrogen) atoms. The van der Waals surface area contributed by atoms with Crippen LogP contribution in [-0.4, -0.2) is 23.4 Å². The van der Waals surface area contributed by atoms with Crippen molar-refractivity contribution >= 4 is 5.78 Å². The van der Waals surface area contributed by atoms with Crippen molar-refractivity contribution in [1.82, 2.24) is 9.88 Å². The van der Waals surface area contributed by atoms with Crippen molar-refractivity contribution in [3.05, 3.63) is 24.0 Å². The Morgan fingerprint density at radius 1 is 1.44 bits per heavy atom. The van der Waals surface area contributed by atoms with Gasteiger partial charge in [-0.3, -0.25) is 4.79 Å². The summed E-state index contributed by atoms with van der Waals surface area (Å²) >= 11 is 0. The number of ketones is 1. The van der Waals surface area contributed by atoms with Gasteiger partial charge in [0.25, 0.3) is 0 Å². The lowest BCUT2D eigenvalue weighted by molar-refractivity contribution is 0.0963. The molecule has 0 amide bonds. The third-order valence-electron chi connectivity index (χ3n) is 3.72. The number of Topliss-reactive ketones (excluding diaryl/α,β-unsaturated/α-hetero) is 1. The lowest BCUT2D eigenvalue weighted by atomic mass is 10.0. The van der Waals surface area contributed by atoms with Gasteiger partial charge in [0, 0.05) is 18.7 Å². The molecule has 0 bridgehead atoms. The number of nitrogens with zero attached hydrogens (tertiary/aromatic N) is 1. The minimum atomic E-state index is 0.298. The third-order valence-corrected chi connectivity index (χ3v) is 3.72. The predicted octanol–water partition coefficient (Wildman–Crippen LogP) is 3.03. The Bertz CT molecular complexity index is 389. The van der Waals surface area contributed by atoms with E-state index < -0.39 is 0 Å². The standard InChI is InChI=1S/C15H24N2O/c1-12(2)5-6-15(18)14-4-3-11-17(14)13-7-9-16-10-8-13/h3-4,11-13,16H,5-10H2,1-2H3. The minimum absolute atomic E-state index is 0.298. The topological polar surface area (TPSA) is 34.0 Å². The summed E-state index contributed by atoms with van der Waals surface area (Å²) in [6.07, 6.45) is 5.97. The molecular formula is C15H24N2O. The molecule has 1 aliphatic heterocycles. The van der Waals surface area contributed by atoms with E-state index in [-0.39, 0.29) is 0 Å². The molecule has 0 unspecified atom stereocenters. The molecular weight excluding hydrogens is 224 g/mol. The van der Waals surface area contributed by atoms with E-state index in [0.29, 0.717) is 24.2 Å². The Morgan fingerprint density at radius 2 is 2.17 bits per heavy atom. The molecule has 0 aromatic carbocycles. The van der Waals surface area contributed by atoms with Gasteiger partial charge in [-0.25, -0.2) is 0 Å². The molecule has 0 spiro atoms. The van der Waals surface area contributed by atoms with E-state index in [0.717, 1.165) is 38.0 Å². The molecule has 1 aromatic heterocycles. The van der Waals surface area contributed by atoms with E-state index in [9.17, 15) is 4.79 Å². The van der Waals surface area contributed by atoms with Gasteiger partial charge in [0.1, 0.15) is 0 Å². The van der Waals surface area contributed by atoms with E-state index in [1.807, 2.05) is 12.1 Å². The van der Waals surface area contributed by atoms with Crippen LogP contribution in [-0.2, 0) is 0 Å². The number of nitrogens with one attached hydrogen (secondary N) is 1. The van der Waals surface area contributed by atoms with E-state index in [2.05, 4.69) is 29.9 Å². The number of hydrogen-bond donors (Lipinski definition) is 1. The first-order valence-electron chi connectivity index (χ1n) is 7.09. The summed E-state index contributed by atoms with van der Waals surface area (Å²) in [4.78, 5) is 12.2. The van der Waals surface area contributed by atoms with Crippen LogP contribution >= 0.6 is 0 Å². The molecule has 1 aromatic rings. The van der Waals surface area contributed by atoms with E-state index in [1.165, 1.54) is 0 Å². The van der Waals surface area contributed by atoms with Crippen LogP contribution in [0.25, 0.3) is 0 Å². The molecule has 3 nitrogen and oxygen atoms in total. The summed E-state index contributed by atoms with van der Waals surface area (Å²) in [5.74, 6) is 0.892. The number of rotatable bonds is 5. The number of aromatic nitrogens is 1. The summed E-state index contributed by atoms with van der Waals surface area (Å²) in [6, 6.07) is 4.48. The van der Waals surface area contributed by atoms with Crippen LogP contribution in [0.5, 0.6) is 0 Å². The van der Waals surface area contributed by atoms with Crippen molar-refractivity contribution in [3.8, 4) is 0 Å². The summed E-state index contributed by atoms with van der Waals surface area (Å²) in [6.45, 7) is 6.45. The molecule has 2 heterocycles. The monoisotopic (exact) mass is 248 g/mol. The van der Waals surface area contributed by atoms with Gasteiger partial charge < -0.3 is 9.88 Å². The van der Waals surface area contributed by atoms with Crippen molar-refractivity contribution in [2.24, 2.45) is 5.92 Å². The van der Waals surface area contributed by atoms with Crippen molar-refractivity contribution < 1.29 is 4.79 Å². The summed E-state index contributed by atoms with van der Waals surface area (Å²) < 4.78 is 2.20. The van der Waals surface area contributed by atoms with Gasteiger partial charge in [-0.1, -0.05) is 13.8 Å². The average Bonchev–Trinajstić information content (AvgIpc) is 2.86. The Labute approximate surface area is 110 Å². The molecule has 1 aliphatic rings. The maximum absolute atomic E-state index is 12.2. The zero-order chi connectivity index (χ0) is 13.0. The van der Waals surface area contributed by atoms with Crippen molar-refractivity contribution in [3.63, 3.8) is 0 Å². The maximum Gasteiger partial charge on any atom is 0.179 e. The van der Waals surface area contributed by atoms with Gasteiger partial charge in [-0.15, -0.1) is 0 Å². The van der Waals surface area contributed by atoms with Crippen molar-refractivity contribution in [1.29, 1.82) is 0 Å². The molecule has 0 radical (unpaired) electrons. The maximum atomic E-state index is 12.2. The normalized spacial score (nSPS) is 17.3. The SMILES string of the molecule is CC(C)CCC(=O)c1cccn1C1CCNCC1. The Morgan fingerprint density at radius 3 is 2.83 bits per heavy atom. The highest BCUT2D eigenvalue weighted by molar-refractivity contribution is 5.94. The first kappa shape index (κ1) is 13.3. The highest BCUT2D eigenvalue weighted by atomic mass is 16.1. The lowest BCUT2D eigenvalue weighted by Gasteiger charge is -2.26. The molecule has 2 rings (SSSR count). The molecule has 3 heteroatoms. The van der Waals surface area contributed by atoms with E-state index in [4.69, 9.17) is 0 Å². The smallest absolute Gasteiger partial charge is 0.179 e. The van der Waals surface area contributed by atoms with Crippen LogP contribution in [0.3, 0.4) is 0 Å². The van der Waals surface area contributed by atoms with Crippen LogP contribution in [0.15, 0.2) is 18.3 Å². The Hall–Kier alpha value is -1.09. The zero-order valence-electron chi connectivity index (χ0n) is 11.5. The number of piperidine rings is 1. The molecule has 100 valence electrons. The van der Waals surface area contributed by atoms with E-state index >= 15 is 0 Å². The van der Waals surface area contributed by atoms with Gasteiger partial charge in [-0.05, 0) is 50.4 Å². The first-order chi connectivity index (χ1) is 8.68. The molecule has 1 saturated heterocycles. The zero-order valence-corrected chi connectivity index (χ0v) is 11.5. The fourth-order valence-electron chi connectivity index (χ4n) is 2.58. The van der Waals surface area contributed by atoms with Gasteiger partial charge in [0.15, 0.2) is 5.78 Å². The van der Waals surface area contributed by atoms with Gasteiger partial charge >= 0.3 is 0 Å². The molecule has 0 atom stereocenters. The van der Waals surface area contributed by atoms with Crippen LogP contribution < -0.4 is 5.32 Å². The number of hydrogen-bond acceptors (Lipinski definition) is 2. The van der Waals surface area contributed by atoms with Crippen LogP contribution in [0.2, 0.25) is 0 Å². The molecule has 1 fully saturated rings. The highest BCUT2D eigenvalue weighted by Gasteiger charge is 2.19. The highest BCUT2D eigenvalue weighted by Crippen LogP contribution is 2.22. The average molecular weight is 248 g/mol. The van der Waals surface area contributed by atoms with E-state index in [1.54, 1.807) is 0 Å². The fraction of sp³-hybridized carbons (Fsp3) is 0.667. The quantitative estimate of drug-likeness (QED) is 0.813. The number of carbonyl (C=O) groups is 1. The third kappa shape index (κ3) is 3.22. The van der Waals surface area contributed by atoms with Crippen LogP contribution in [0.4, 0.5) is 0 Å². The van der Waals surface area contributed by atoms with Gasteiger partial charge in [-0.2, -0.15) is 0 Å². The summed E-state index contributed by atoms with van der Waals surface area (Å²) in [5, 5.41) is 3.37. The molecule has 0 saturated carbocycles. The first-order valence-corrected chi connectivity index (χ1v) is 7.09. The van der Waals surface area contributed by atoms with Gasteiger partial charge in [0.2, 0.25) is 0 Å². The van der Waals surface area contributed by atoms with Crippen LogP contribution in [0.1, 0.15) is 56.1 Å². The predicted molar refractivity (Wildman–Crippen MR) is 74.0 cm³/mol. The summed E-state index contributed by atoms with van der Waals surface area (Å²) in [5.41, 5.74) is 0.905. The minimum Gasteiger partial charge on any atom is -0.342 e. The largest absolute Gasteiger partial charge is 0.342 e. The summed E-state index contributed by atoms with van der Waals surface area (Å²) in [7, 11) is 0. The Kier molecular flexibility index (Phi) is 4.59. The number of carbonyl (C=O) groups excluding carboxylic acids is 1. The van der Waals surface area contributed by atoms with Crippen LogP contribution in [0, 0.1) is 5.92 Å². The second-order valence-electron chi connectivity index (χ2n) is 5.64. The fourth-order valence-corrected chi connectivity index (χ4v) is 2.58. The molecule has 1 N–H and O–H groups in total. The second-order valence-corrected chi connectivity index (χ2v) is 5.64. The lowest BCUT2D eigenvalue weighted by Crippen LogP contribution is -2.30.